The highest BCUT2D eigenvalue weighted by Crippen LogP contribution is 2.43. The van der Waals surface area contributed by atoms with Gasteiger partial charge in [-0.05, 0) is 45.8 Å². The van der Waals surface area contributed by atoms with Crippen molar-refractivity contribution in [1.82, 2.24) is 14.9 Å². The summed E-state index contributed by atoms with van der Waals surface area (Å²) in [5.41, 5.74) is 0.389. The van der Waals surface area contributed by atoms with Crippen LogP contribution in [0.2, 0.25) is 0 Å². The van der Waals surface area contributed by atoms with Crippen LogP contribution in [0.1, 0.15) is 49.5 Å². The summed E-state index contributed by atoms with van der Waals surface area (Å²) in [6, 6.07) is 0. The van der Waals surface area contributed by atoms with Gasteiger partial charge >= 0.3 is 5.97 Å². The van der Waals surface area contributed by atoms with Gasteiger partial charge in [0.05, 0.1) is 0 Å². The largest absolute Gasteiger partial charge is 0.480 e. The summed E-state index contributed by atoms with van der Waals surface area (Å²) in [6.07, 6.45) is 6.51. The highest BCUT2D eigenvalue weighted by Gasteiger charge is 2.48. The van der Waals surface area contributed by atoms with Crippen LogP contribution in [0.3, 0.4) is 0 Å². The Labute approximate surface area is 113 Å². The van der Waals surface area contributed by atoms with E-state index in [0.717, 1.165) is 38.0 Å². The number of carboxylic acids is 1. The first-order valence-electron chi connectivity index (χ1n) is 7.09. The lowest BCUT2D eigenvalue weighted by atomic mass is 9.68. The Hall–Kier alpha value is -1.36. The maximum atomic E-state index is 11.5. The normalized spacial score (nSPS) is 24.1. The Bertz CT molecular complexity index is 471. The fourth-order valence-corrected chi connectivity index (χ4v) is 3.19. The molecule has 19 heavy (non-hydrogen) atoms. The Morgan fingerprint density at radius 1 is 1.47 bits per heavy atom. The number of nitrogens with one attached hydrogen (secondary N) is 1. The van der Waals surface area contributed by atoms with E-state index in [9.17, 15) is 9.90 Å². The van der Waals surface area contributed by atoms with Gasteiger partial charge in [-0.2, -0.15) is 0 Å². The van der Waals surface area contributed by atoms with Crippen LogP contribution in [0, 0.1) is 0 Å². The molecule has 0 amide bonds. The number of carboxylic acid groups (broad SMARTS) is 1. The zero-order valence-electron chi connectivity index (χ0n) is 11.4. The number of piperidine rings is 1. The first-order chi connectivity index (χ1) is 9.12. The SMILES string of the molecule is CN1CCC(c2cnc(C3(C(=O)O)CCC3)[nH]2)CC1. The van der Waals surface area contributed by atoms with Crippen LogP contribution >= 0.6 is 0 Å². The van der Waals surface area contributed by atoms with Gasteiger partial charge in [0.1, 0.15) is 11.2 Å². The van der Waals surface area contributed by atoms with E-state index in [1.54, 1.807) is 0 Å². The molecule has 5 heteroatoms. The minimum absolute atomic E-state index is 0.503. The second-order valence-electron chi connectivity index (χ2n) is 6.01. The molecule has 1 aliphatic carbocycles. The van der Waals surface area contributed by atoms with E-state index < -0.39 is 11.4 Å². The zero-order chi connectivity index (χ0) is 13.5. The van der Waals surface area contributed by atoms with Crippen molar-refractivity contribution < 1.29 is 9.90 Å². The highest BCUT2D eigenvalue weighted by molar-refractivity contribution is 5.81. The Morgan fingerprint density at radius 2 is 2.16 bits per heavy atom. The van der Waals surface area contributed by atoms with Gasteiger partial charge in [0.2, 0.25) is 0 Å². The number of imidazole rings is 1. The van der Waals surface area contributed by atoms with Gasteiger partial charge in [-0.25, -0.2) is 4.98 Å². The number of H-pyrrole nitrogens is 1. The number of aromatic nitrogens is 2. The molecular formula is C14H21N3O2. The topological polar surface area (TPSA) is 69.2 Å². The Balaban J connectivity index is 1.78. The van der Waals surface area contributed by atoms with E-state index in [1.807, 2.05) is 6.20 Å². The number of nitrogens with zero attached hydrogens (tertiary/aromatic N) is 2. The molecule has 0 aromatic carbocycles. The van der Waals surface area contributed by atoms with Gasteiger partial charge in [0.15, 0.2) is 0 Å². The average molecular weight is 263 g/mol. The van der Waals surface area contributed by atoms with E-state index in [1.165, 1.54) is 0 Å². The zero-order valence-corrected chi connectivity index (χ0v) is 11.4. The lowest BCUT2D eigenvalue weighted by Gasteiger charge is -2.35. The molecule has 0 unspecified atom stereocenters. The number of hydrogen-bond donors (Lipinski definition) is 2. The minimum atomic E-state index is -0.733. The number of carbonyl (C=O) groups is 1. The van der Waals surface area contributed by atoms with Crippen molar-refractivity contribution in [2.75, 3.05) is 20.1 Å². The van der Waals surface area contributed by atoms with Crippen molar-refractivity contribution in [3.63, 3.8) is 0 Å². The first kappa shape index (κ1) is 12.7. The van der Waals surface area contributed by atoms with Crippen molar-refractivity contribution in [3.8, 4) is 0 Å². The highest BCUT2D eigenvalue weighted by atomic mass is 16.4. The van der Waals surface area contributed by atoms with Crippen LogP contribution in [0.25, 0.3) is 0 Å². The molecule has 2 aliphatic rings. The summed E-state index contributed by atoms with van der Waals surface area (Å²) < 4.78 is 0. The first-order valence-corrected chi connectivity index (χ1v) is 7.09. The van der Waals surface area contributed by atoms with Crippen molar-refractivity contribution in [2.45, 2.75) is 43.4 Å². The molecule has 3 rings (SSSR count). The third-order valence-corrected chi connectivity index (χ3v) is 4.82. The van der Waals surface area contributed by atoms with Crippen LogP contribution in [0.4, 0.5) is 0 Å². The summed E-state index contributed by atoms with van der Waals surface area (Å²) in [6.45, 7) is 2.20. The molecule has 0 spiro atoms. The number of aliphatic carboxylic acids is 1. The molecule has 1 aliphatic heterocycles. The number of rotatable bonds is 3. The number of aromatic amines is 1. The Kier molecular flexibility index (Phi) is 3.09. The molecule has 1 aromatic rings. The summed E-state index contributed by atoms with van der Waals surface area (Å²) in [4.78, 5) is 21.5. The number of likely N-dealkylation sites (tertiary alicyclic amines) is 1. The van der Waals surface area contributed by atoms with Crippen LogP contribution < -0.4 is 0 Å². The summed E-state index contributed by atoms with van der Waals surface area (Å²) >= 11 is 0. The predicted molar refractivity (Wildman–Crippen MR) is 71.2 cm³/mol. The van der Waals surface area contributed by atoms with Crippen LogP contribution in [0.15, 0.2) is 6.20 Å². The predicted octanol–water partition coefficient (Wildman–Crippen LogP) is 1.73. The molecule has 104 valence electrons. The maximum Gasteiger partial charge on any atom is 0.317 e. The molecule has 5 nitrogen and oxygen atoms in total. The summed E-state index contributed by atoms with van der Waals surface area (Å²) in [7, 11) is 2.14. The van der Waals surface area contributed by atoms with E-state index in [-0.39, 0.29) is 0 Å². The van der Waals surface area contributed by atoms with Gasteiger partial charge in [-0.1, -0.05) is 6.42 Å². The average Bonchev–Trinajstić information content (AvgIpc) is 2.77. The molecular weight excluding hydrogens is 242 g/mol. The van der Waals surface area contributed by atoms with Crippen molar-refractivity contribution in [3.05, 3.63) is 17.7 Å². The van der Waals surface area contributed by atoms with Gasteiger partial charge in [0, 0.05) is 17.8 Å². The second-order valence-corrected chi connectivity index (χ2v) is 6.01. The van der Waals surface area contributed by atoms with Crippen molar-refractivity contribution >= 4 is 5.97 Å². The van der Waals surface area contributed by atoms with Crippen LogP contribution in [-0.2, 0) is 10.2 Å². The van der Waals surface area contributed by atoms with E-state index in [2.05, 4.69) is 21.9 Å². The maximum absolute atomic E-state index is 11.5. The third kappa shape index (κ3) is 2.06. The molecule has 0 radical (unpaired) electrons. The standard InChI is InChI=1S/C14H21N3O2/c1-17-7-3-10(4-8-17)11-9-15-12(16-11)14(13(18)19)5-2-6-14/h9-10H,2-8H2,1H3,(H,15,16)(H,18,19). The number of hydrogen-bond acceptors (Lipinski definition) is 3. The van der Waals surface area contributed by atoms with Gasteiger partial charge < -0.3 is 15.0 Å². The van der Waals surface area contributed by atoms with E-state index >= 15 is 0 Å². The molecule has 2 heterocycles. The third-order valence-electron chi connectivity index (χ3n) is 4.82. The molecule has 1 saturated carbocycles. The fourth-order valence-electron chi connectivity index (χ4n) is 3.19. The quantitative estimate of drug-likeness (QED) is 0.871. The van der Waals surface area contributed by atoms with Gasteiger partial charge in [0.25, 0.3) is 0 Å². The van der Waals surface area contributed by atoms with Crippen LogP contribution in [0.5, 0.6) is 0 Å². The molecule has 2 fully saturated rings. The van der Waals surface area contributed by atoms with Gasteiger partial charge in [-0.15, -0.1) is 0 Å². The van der Waals surface area contributed by atoms with Crippen LogP contribution in [-0.4, -0.2) is 46.1 Å². The molecule has 0 atom stereocenters. The van der Waals surface area contributed by atoms with Crippen molar-refractivity contribution in [2.24, 2.45) is 0 Å². The van der Waals surface area contributed by atoms with Crippen molar-refractivity contribution in [1.29, 1.82) is 0 Å². The fraction of sp³-hybridized carbons (Fsp3) is 0.714. The minimum Gasteiger partial charge on any atom is -0.480 e. The van der Waals surface area contributed by atoms with Gasteiger partial charge in [-0.3, -0.25) is 4.79 Å². The molecule has 0 bridgehead atoms. The lowest BCUT2D eigenvalue weighted by molar-refractivity contribution is -0.147. The second kappa shape index (κ2) is 4.63. The molecule has 2 N–H and O–H groups in total. The summed E-state index contributed by atoms with van der Waals surface area (Å²) in [5, 5.41) is 9.42. The lowest BCUT2D eigenvalue weighted by Crippen LogP contribution is -2.43. The molecule has 1 saturated heterocycles. The Morgan fingerprint density at radius 3 is 2.68 bits per heavy atom. The van der Waals surface area contributed by atoms with E-state index in [0.29, 0.717) is 24.6 Å². The monoisotopic (exact) mass is 263 g/mol. The van der Waals surface area contributed by atoms with E-state index in [4.69, 9.17) is 0 Å². The molecule has 1 aromatic heterocycles. The smallest absolute Gasteiger partial charge is 0.317 e. The summed E-state index contributed by atoms with van der Waals surface area (Å²) in [5.74, 6) is 0.437.